The lowest BCUT2D eigenvalue weighted by Gasteiger charge is -1.99. The fourth-order valence-corrected chi connectivity index (χ4v) is 0.837. The molecule has 0 aromatic heterocycles. The van der Waals surface area contributed by atoms with Crippen LogP contribution in [0, 0.1) is 0 Å². The Labute approximate surface area is 66.6 Å². The van der Waals surface area contributed by atoms with E-state index in [-0.39, 0.29) is 14.0 Å². The highest BCUT2D eigenvalue weighted by Gasteiger charge is 1.93. The monoisotopic (exact) mass is 154 g/mol. The predicted molar refractivity (Wildman–Crippen MR) is 47.9 cm³/mol. The van der Waals surface area contributed by atoms with Crippen molar-refractivity contribution in [1.82, 2.24) is 0 Å². The smallest absolute Gasteiger partial charge is 0.0683 e. The molecule has 5 N–H and O–H groups in total. The number of benzene rings is 1. The first-order valence-electron chi connectivity index (χ1n) is 2.98. The van der Waals surface area contributed by atoms with E-state index in [1.54, 1.807) is 18.2 Å². The third-order valence-corrected chi connectivity index (χ3v) is 1.22. The fourth-order valence-electron chi connectivity index (χ4n) is 0.837. The Morgan fingerprint density at radius 3 is 1.91 bits per heavy atom. The molecule has 0 radical (unpaired) electrons. The van der Waals surface area contributed by atoms with Gasteiger partial charge in [0.15, 0.2) is 0 Å². The van der Waals surface area contributed by atoms with Crippen LogP contribution in [0.3, 0.4) is 0 Å². The first kappa shape index (κ1) is 9.78. The van der Waals surface area contributed by atoms with Crippen molar-refractivity contribution in [2.45, 2.75) is 14.0 Å². The summed E-state index contributed by atoms with van der Waals surface area (Å²) in [6.07, 6.45) is 0. The van der Waals surface area contributed by atoms with Crippen LogP contribution < -0.4 is 11.5 Å². The normalized spacial score (nSPS) is 8.82. The van der Waals surface area contributed by atoms with Gasteiger partial charge in [-0.05, 0) is 23.8 Å². The Hall–Kier alpha value is -1.22. The van der Waals surface area contributed by atoms with E-state index in [0.29, 0.717) is 11.4 Å². The van der Waals surface area contributed by atoms with Crippen LogP contribution in [0.2, 0.25) is 0 Å². The minimum Gasteiger partial charge on any atom is -0.399 e. The largest absolute Gasteiger partial charge is 0.399 e. The summed E-state index contributed by atoms with van der Waals surface area (Å²) in [5, 5.41) is 8.68. The standard InChI is InChI=1S/C7H10N2O.CH4/c8-6-1-5(4-10)2-7(9)3-6;/h1-3,10H,4,8-9H2;1H4. The second-order valence-corrected chi connectivity index (χ2v) is 2.17. The van der Waals surface area contributed by atoms with Crippen LogP contribution >= 0.6 is 0 Å². The van der Waals surface area contributed by atoms with Crippen LogP contribution in [0.25, 0.3) is 0 Å². The van der Waals surface area contributed by atoms with Crippen molar-refractivity contribution in [3.05, 3.63) is 23.8 Å². The van der Waals surface area contributed by atoms with Gasteiger partial charge in [-0.3, -0.25) is 0 Å². The molecule has 0 heterocycles. The summed E-state index contributed by atoms with van der Waals surface area (Å²) in [6.45, 7) is -0.0186. The average molecular weight is 154 g/mol. The van der Waals surface area contributed by atoms with Gasteiger partial charge in [0, 0.05) is 11.4 Å². The summed E-state index contributed by atoms with van der Waals surface area (Å²) in [4.78, 5) is 0. The van der Waals surface area contributed by atoms with Crippen molar-refractivity contribution in [1.29, 1.82) is 0 Å². The molecule has 0 aliphatic heterocycles. The Morgan fingerprint density at radius 1 is 1.09 bits per heavy atom. The molecular weight excluding hydrogens is 140 g/mol. The van der Waals surface area contributed by atoms with Crippen LogP contribution in [0.4, 0.5) is 11.4 Å². The zero-order chi connectivity index (χ0) is 7.56. The van der Waals surface area contributed by atoms with Crippen molar-refractivity contribution < 1.29 is 5.11 Å². The maximum Gasteiger partial charge on any atom is 0.0683 e. The minimum atomic E-state index is -0.0186. The Bertz CT molecular complexity index is 215. The Balaban J connectivity index is 0.000001000. The lowest BCUT2D eigenvalue weighted by atomic mass is 10.2. The van der Waals surface area contributed by atoms with E-state index < -0.39 is 0 Å². The first-order chi connectivity index (χ1) is 4.72. The van der Waals surface area contributed by atoms with Gasteiger partial charge in [-0.1, -0.05) is 7.43 Å². The van der Waals surface area contributed by atoms with Gasteiger partial charge < -0.3 is 16.6 Å². The molecule has 0 saturated carbocycles. The van der Waals surface area contributed by atoms with E-state index in [0.717, 1.165) is 5.56 Å². The number of aliphatic hydroxyl groups is 1. The number of rotatable bonds is 1. The van der Waals surface area contributed by atoms with Crippen LogP contribution in [0.15, 0.2) is 18.2 Å². The maximum atomic E-state index is 8.68. The Morgan fingerprint density at radius 2 is 1.55 bits per heavy atom. The van der Waals surface area contributed by atoms with Crippen molar-refractivity contribution in [3.63, 3.8) is 0 Å². The van der Waals surface area contributed by atoms with Gasteiger partial charge >= 0.3 is 0 Å². The number of nitrogen functional groups attached to an aromatic ring is 2. The van der Waals surface area contributed by atoms with Crippen molar-refractivity contribution >= 4 is 11.4 Å². The fraction of sp³-hybridized carbons (Fsp3) is 0.250. The second kappa shape index (κ2) is 3.83. The number of hydrogen-bond donors (Lipinski definition) is 3. The van der Waals surface area contributed by atoms with Gasteiger partial charge in [-0.25, -0.2) is 0 Å². The molecule has 0 saturated heterocycles. The van der Waals surface area contributed by atoms with Gasteiger partial charge in [0.05, 0.1) is 6.61 Å². The van der Waals surface area contributed by atoms with Gasteiger partial charge in [0.1, 0.15) is 0 Å². The molecule has 0 aliphatic carbocycles. The predicted octanol–water partition coefficient (Wildman–Crippen LogP) is 0.979. The van der Waals surface area contributed by atoms with Crippen LogP contribution in [-0.2, 0) is 6.61 Å². The molecule has 1 aromatic carbocycles. The zero-order valence-electron chi connectivity index (χ0n) is 5.54. The van der Waals surface area contributed by atoms with Crippen LogP contribution in [0.1, 0.15) is 13.0 Å². The molecule has 0 unspecified atom stereocenters. The second-order valence-electron chi connectivity index (χ2n) is 2.17. The Kier molecular flexibility index (Phi) is 3.40. The van der Waals surface area contributed by atoms with Crippen molar-refractivity contribution in [3.8, 4) is 0 Å². The molecule has 0 atom stereocenters. The third-order valence-electron chi connectivity index (χ3n) is 1.22. The maximum absolute atomic E-state index is 8.68. The van der Waals surface area contributed by atoms with Crippen LogP contribution in [0.5, 0.6) is 0 Å². The number of hydrogen-bond acceptors (Lipinski definition) is 3. The zero-order valence-corrected chi connectivity index (χ0v) is 5.54. The molecule has 0 amide bonds. The molecule has 1 rings (SSSR count). The molecule has 62 valence electrons. The van der Waals surface area contributed by atoms with E-state index in [1.807, 2.05) is 0 Å². The molecule has 0 fully saturated rings. The van der Waals surface area contributed by atoms with E-state index in [4.69, 9.17) is 16.6 Å². The lowest BCUT2D eigenvalue weighted by molar-refractivity contribution is 0.282. The highest BCUT2D eigenvalue weighted by atomic mass is 16.3. The third kappa shape index (κ3) is 2.47. The average Bonchev–Trinajstić information content (AvgIpc) is 1.85. The summed E-state index contributed by atoms with van der Waals surface area (Å²) in [6, 6.07) is 5.03. The number of nitrogens with two attached hydrogens (primary N) is 2. The minimum absolute atomic E-state index is 0. The summed E-state index contributed by atoms with van der Waals surface area (Å²) < 4.78 is 0. The van der Waals surface area contributed by atoms with Gasteiger partial charge in [0.25, 0.3) is 0 Å². The molecule has 0 aliphatic rings. The van der Waals surface area contributed by atoms with E-state index >= 15 is 0 Å². The van der Waals surface area contributed by atoms with E-state index in [2.05, 4.69) is 0 Å². The molecule has 3 nitrogen and oxygen atoms in total. The van der Waals surface area contributed by atoms with Gasteiger partial charge in [0.2, 0.25) is 0 Å². The molecule has 11 heavy (non-hydrogen) atoms. The lowest BCUT2D eigenvalue weighted by Crippen LogP contribution is -1.93. The first-order valence-corrected chi connectivity index (χ1v) is 2.98. The summed E-state index contributed by atoms with van der Waals surface area (Å²) in [5.74, 6) is 0. The highest BCUT2D eigenvalue weighted by Crippen LogP contribution is 2.12. The van der Waals surface area contributed by atoms with E-state index in [9.17, 15) is 0 Å². The van der Waals surface area contributed by atoms with Gasteiger partial charge in [-0.2, -0.15) is 0 Å². The molecule has 0 spiro atoms. The summed E-state index contributed by atoms with van der Waals surface area (Å²) in [7, 11) is 0. The van der Waals surface area contributed by atoms with Gasteiger partial charge in [-0.15, -0.1) is 0 Å². The topological polar surface area (TPSA) is 72.3 Å². The quantitative estimate of drug-likeness (QED) is 0.528. The summed E-state index contributed by atoms with van der Waals surface area (Å²) >= 11 is 0. The number of anilines is 2. The van der Waals surface area contributed by atoms with Crippen molar-refractivity contribution in [2.75, 3.05) is 11.5 Å². The number of aliphatic hydroxyl groups excluding tert-OH is 1. The molecule has 0 bridgehead atoms. The molecular formula is C8H14N2O. The SMILES string of the molecule is C.Nc1cc(N)cc(CO)c1. The molecule has 3 heteroatoms. The summed E-state index contributed by atoms with van der Waals surface area (Å²) in [5.41, 5.74) is 12.8. The van der Waals surface area contributed by atoms with Crippen LogP contribution in [-0.4, -0.2) is 5.11 Å². The van der Waals surface area contributed by atoms with Crippen molar-refractivity contribution in [2.24, 2.45) is 0 Å². The highest BCUT2D eigenvalue weighted by molar-refractivity contribution is 5.54. The molecule has 1 aromatic rings. The van der Waals surface area contributed by atoms with E-state index in [1.165, 1.54) is 0 Å².